The number of nitrogens with zero attached hydrogens (tertiary/aromatic N) is 1. The number of sulfonamides is 1. The van der Waals surface area contributed by atoms with Gasteiger partial charge in [-0.05, 0) is 43.2 Å². The Hall–Kier alpha value is -2.69. The maximum absolute atomic E-state index is 13.5. The van der Waals surface area contributed by atoms with Crippen LogP contribution in [0.1, 0.15) is 23.2 Å². The summed E-state index contributed by atoms with van der Waals surface area (Å²) >= 11 is 5.76. The molecule has 1 heterocycles. The van der Waals surface area contributed by atoms with E-state index >= 15 is 0 Å². The van der Waals surface area contributed by atoms with Crippen molar-refractivity contribution in [1.82, 2.24) is 5.32 Å². The first-order chi connectivity index (χ1) is 15.1. The smallest absolute Gasteiger partial charge is 0.253 e. The van der Waals surface area contributed by atoms with Gasteiger partial charge in [-0.3, -0.25) is 13.9 Å². The van der Waals surface area contributed by atoms with Crippen molar-refractivity contribution in [2.24, 2.45) is 0 Å². The molecular weight excluding hydrogens is 461 g/mol. The molecule has 1 fully saturated rings. The molecule has 0 bridgehead atoms. The van der Waals surface area contributed by atoms with E-state index in [4.69, 9.17) is 16.3 Å². The first-order valence-corrected chi connectivity index (χ1v) is 12.1. The van der Waals surface area contributed by atoms with Gasteiger partial charge in [0.1, 0.15) is 12.4 Å². The predicted molar refractivity (Wildman–Crippen MR) is 120 cm³/mol. The molecule has 0 aromatic heterocycles. The first-order valence-electron chi connectivity index (χ1n) is 9.86. The third-order valence-corrected chi connectivity index (χ3v) is 6.27. The van der Waals surface area contributed by atoms with E-state index in [1.807, 2.05) is 0 Å². The van der Waals surface area contributed by atoms with Crippen molar-refractivity contribution in [1.29, 1.82) is 0 Å². The van der Waals surface area contributed by atoms with Gasteiger partial charge >= 0.3 is 0 Å². The molecule has 0 radical (unpaired) electrons. The van der Waals surface area contributed by atoms with Gasteiger partial charge in [-0.1, -0.05) is 23.7 Å². The number of para-hydroxylation sites is 1. The number of ether oxygens (including phenoxy) is 1. The van der Waals surface area contributed by atoms with Crippen LogP contribution in [0.2, 0.25) is 5.02 Å². The van der Waals surface area contributed by atoms with Crippen LogP contribution in [0, 0.1) is 5.82 Å². The highest BCUT2D eigenvalue weighted by Crippen LogP contribution is 2.24. The number of carbonyl (C=O) groups is 2. The van der Waals surface area contributed by atoms with Crippen LogP contribution in [0.15, 0.2) is 42.5 Å². The zero-order valence-corrected chi connectivity index (χ0v) is 18.9. The van der Waals surface area contributed by atoms with Gasteiger partial charge in [0, 0.05) is 13.2 Å². The number of amides is 2. The summed E-state index contributed by atoms with van der Waals surface area (Å²) in [6, 6.07) is 9.73. The quantitative estimate of drug-likeness (QED) is 0.600. The van der Waals surface area contributed by atoms with E-state index in [0.717, 1.165) is 35.5 Å². The molecular formula is C21H23ClFN3O5S. The summed E-state index contributed by atoms with van der Waals surface area (Å²) in [5, 5.41) is 5.09. The van der Waals surface area contributed by atoms with Crippen LogP contribution in [-0.4, -0.2) is 52.3 Å². The minimum absolute atomic E-state index is 0.0356. The van der Waals surface area contributed by atoms with Crippen molar-refractivity contribution >= 4 is 44.8 Å². The molecule has 0 aliphatic carbocycles. The maximum atomic E-state index is 13.5. The van der Waals surface area contributed by atoms with E-state index in [9.17, 15) is 22.4 Å². The molecule has 2 N–H and O–H groups in total. The molecule has 2 aromatic rings. The molecule has 0 unspecified atom stereocenters. The van der Waals surface area contributed by atoms with E-state index in [2.05, 4.69) is 10.6 Å². The number of rotatable bonds is 8. The van der Waals surface area contributed by atoms with Crippen molar-refractivity contribution in [3.05, 3.63) is 58.9 Å². The number of nitrogens with one attached hydrogen (secondary N) is 2. The summed E-state index contributed by atoms with van der Waals surface area (Å²) in [7, 11) is -3.88. The lowest BCUT2D eigenvalue weighted by Gasteiger charge is -2.22. The van der Waals surface area contributed by atoms with Gasteiger partial charge in [-0.25, -0.2) is 12.8 Å². The molecule has 8 nitrogen and oxygen atoms in total. The highest BCUT2D eigenvalue weighted by molar-refractivity contribution is 7.92. The van der Waals surface area contributed by atoms with E-state index < -0.39 is 28.3 Å². The Morgan fingerprint density at radius 1 is 1.25 bits per heavy atom. The fraction of sp³-hybridized carbons (Fsp3) is 0.333. The largest absolute Gasteiger partial charge is 0.376 e. The Morgan fingerprint density at radius 3 is 2.66 bits per heavy atom. The summed E-state index contributed by atoms with van der Waals surface area (Å²) in [5.41, 5.74) is 0.499. The normalized spacial score (nSPS) is 15.9. The molecule has 32 heavy (non-hydrogen) atoms. The first kappa shape index (κ1) is 24.0. The van der Waals surface area contributed by atoms with Crippen molar-refractivity contribution in [2.75, 3.05) is 35.6 Å². The topological polar surface area (TPSA) is 105 Å². The molecule has 11 heteroatoms. The lowest BCUT2D eigenvalue weighted by Crippen LogP contribution is -2.38. The minimum Gasteiger partial charge on any atom is -0.376 e. The van der Waals surface area contributed by atoms with Gasteiger partial charge in [0.15, 0.2) is 0 Å². The Morgan fingerprint density at radius 2 is 2.00 bits per heavy atom. The van der Waals surface area contributed by atoms with Gasteiger partial charge in [-0.15, -0.1) is 0 Å². The second-order valence-electron chi connectivity index (χ2n) is 7.31. The highest BCUT2D eigenvalue weighted by Gasteiger charge is 2.23. The second kappa shape index (κ2) is 10.3. The molecule has 1 aliphatic rings. The maximum Gasteiger partial charge on any atom is 0.253 e. The Bertz CT molecular complexity index is 1110. The fourth-order valence-electron chi connectivity index (χ4n) is 3.26. The summed E-state index contributed by atoms with van der Waals surface area (Å²) in [5.74, 6) is -1.78. The van der Waals surface area contributed by atoms with Crippen molar-refractivity contribution in [3.8, 4) is 0 Å². The van der Waals surface area contributed by atoms with Crippen molar-refractivity contribution < 1.29 is 27.1 Å². The van der Waals surface area contributed by atoms with Crippen LogP contribution in [0.5, 0.6) is 0 Å². The predicted octanol–water partition coefficient (Wildman–Crippen LogP) is 2.79. The van der Waals surface area contributed by atoms with E-state index in [1.165, 1.54) is 6.07 Å². The molecule has 2 aromatic carbocycles. The average molecular weight is 484 g/mol. The number of benzene rings is 2. The Balaban J connectivity index is 1.72. The molecule has 0 spiro atoms. The van der Waals surface area contributed by atoms with Crippen LogP contribution in [0.3, 0.4) is 0 Å². The van der Waals surface area contributed by atoms with E-state index in [0.29, 0.717) is 13.2 Å². The number of halogens is 2. The van der Waals surface area contributed by atoms with Gasteiger partial charge in [0.2, 0.25) is 15.9 Å². The van der Waals surface area contributed by atoms with Crippen LogP contribution in [0.25, 0.3) is 0 Å². The van der Waals surface area contributed by atoms with E-state index in [1.54, 1.807) is 24.3 Å². The lowest BCUT2D eigenvalue weighted by atomic mass is 10.1. The SMILES string of the molecule is CS(=O)(=O)N(CC(=O)Nc1ccccc1C(=O)NC[C@H]1CCCO1)c1ccc(F)c(Cl)c1. The highest BCUT2D eigenvalue weighted by atomic mass is 35.5. The second-order valence-corrected chi connectivity index (χ2v) is 9.62. The Labute approximate surface area is 190 Å². The standard InChI is InChI=1S/C21H23ClFN3O5S/c1-32(29,30)26(14-8-9-18(23)17(22)11-14)13-20(27)25-19-7-3-2-6-16(19)21(28)24-12-15-5-4-10-31-15/h2-3,6-9,11,15H,4-5,10,12-13H2,1H3,(H,24,28)(H,25,27)/t15-/m1/s1. The minimum atomic E-state index is -3.88. The number of anilines is 2. The number of hydrogen-bond donors (Lipinski definition) is 2. The van der Waals surface area contributed by atoms with Crippen molar-refractivity contribution in [3.63, 3.8) is 0 Å². The monoisotopic (exact) mass is 483 g/mol. The van der Waals surface area contributed by atoms with Gasteiger partial charge < -0.3 is 15.4 Å². The zero-order valence-electron chi connectivity index (χ0n) is 17.3. The molecule has 2 amide bonds. The molecule has 172 valence electrons. The van der Waals surface area contributed by atoms with Crippen LogP contribution >= 0.6 is 11.6 Å². The fourth-order valence-corrected chi connectivity index (χ4v) is 4.28. The van der Waals surface area contributed by atoms with E-state index in [-0.39, 0.29) is 34.0 Å². The summed E-state index contributed by atoms with van der Waals surface area (Å²) in [6.07, 6.45) is 2.70. The zero-order chi connectivity index (χ0) is 23.3. The third kappa shape index (κ3) is 6.18. The van der Waals surface area contributed by atoms with Gasteiger partial charge in [-0.2, -0.15) is 0 Å². The van der Waals surface area contributed by atoms with Crippen LogP contribution in [0.4, 0.5) is 15.8 Å². The Kier molecular flexibility index (Phi) is 7.70. The number of carbonyl (C=O) groups excluding carboxylic acids is 2. The lowest BCUT2D eigenvalue weighted by molar-refractivity contribution is -0.114. The summed E-state index contributed by atoms with van der Waals surface area (Å²) in [6.45, 7) is 0.435. The molecule has 1 saturated heterocycles. The third-order valence-electron chi connectivity index (χ3n) is 4.84. The van der Waals surface area contributed by atoms with Crippen LogP contribution < -0.4 is 14.9 Å². The molecule has 0 saturated carbocycles. The molecule has 1 aliphatic heterocycles. The van der Waals surface area contributed by atoms with Gasteiger partial charge in [0.25, 0.3) is 5.91 Å². The van der Waals surface area contributed by atoms with Gasteiger partial charge in [0.05, 0.1) is 34.3 Å². The molecule has 3 rings (SSSR count). The summed E-state index contributed by atoms with van der Waals surface area (Å²) in [4.78, 5) is 25.3. The number of hydrogen-bond acceptors (Lipinski definition) is 5. The summed E-state index contributed by atoms with van der Waals surface area (Å²) < 4.78 is 44.2. The average Bonchev–Trinajstić information content (AvgIpc) is 3.26. The molecule has 1 atom stereocenters. The van der Waals surface area contributed by atoms with Crippen LogP contribution in [-0.2, 0) is 19.6 Å². The van der Waals surface area contributed by atoms with Crippen molar-refractivity contribution in [2.45, 2.75) is 18.9 Å².